The SMILES string of the molecule is CCC(CC[C@@H](C)CC(C)C(=O)N(C)OC)O[Si](C)(C)C(C)(C)C. The van der Waals surface area contributed by atoms with E-state index in [9.17, 15) is 4.79 Å². The number of carbonyl (C=O) groups is 1. The molecule has 0 fully saturated rings. The molecule has 144 valence electrons. The molecular weight excluding hydrogens is 318 g/mol. The summed E-state index contributed by atoms with van der Waals surface area (Å²) in [6.45, 7) is 17.9. The second kappa shape index (κ2) is 9.93. The molecule has 24 heavy (non-hydrogen) atoms. The van der Waals surface area contributed by atoms with Crippen molar-refractivity contribution in [2.75, 3.05) is 14.2 Å². The molecular formula is C19H41NO3Si. The maximum atomic E-state index is 12.1. The molecule has 4 nitrogen and oxygen atoms in total. The van der Waals surface area contributed by atoms with Gasteiger partial charge < -0.3 is 4.43 Å². The van der Waals surface area contributed by atoms with E-state index in [1.54, 1.807) is 7.05 Å². The molecule has 0 N–H and O–H groups in total. The molecule has 0 aromatic carbocycles. The summed E-state index contributed by atoms with van der Waals surface area (Å²) in [7, 11) is 1.49. The van der Waals surface area contributed by atoms with E-state index in [0.717, 1.165) is 25.7 Å². The molecule has 0 bridgehead atoms. The summed E-state index contributed by atoms with van der Waals surface area (Å²) in [4.78, 5) is 17.1. The number of hydroxylamine groups is 2. The molecule has 0 aliphatic rings. The van der Waals surface area contributed by atoms with Crippen molar-refractivity contribution in [3.05, 3.63) is 0 Å². The molecule has 0 heterocycles. The molecule has 5 heteroatoms. The maximum absolute atomic E-state index is 12.1. The normalized spacial score (nSPS) is 16.6. The Morgan fingerprint density at radius 1 is 1.17 bits per heavy atom. The molecule has 0 rings (SSSR count). The highest BCUT2D eigenvalue weighted by Crippen LogP contribution is 2.38. The average Bonchev–Trinajstić information content (AvgIpc) is 2.48. The van der Waals surface area contributed by atoms with Gasteiger partial charge in [-0.1, -0.05) is 41.5 Å². The van der Waals surface area contributed by atoms with E-state index in [2.05, 4.69) is 47.7 Å². The summed E-state index contributed by atoms with van der Waals surface area (Å²) >= 11 is 0. The highest BCUT2D eigenvalue weighted by Gasteiger charge is 2.38. The largest absolute Gasteiger partial charge is 0.414 e. The Hall–Kier alpha value is -0.393. The Kier molecular flexibility index (Phi) is 9.76. The summed E-state index contributed by atoms with van der Waals surface area (Å²) in [5, 5.41) is 1.57. The van der Waals surface area contributed by atoms with E-state index in [4.69, 9.17) is 9.26 Å². The average molecular weight is 360 g/mol. The van der Waals surface area contributed by atoms with Crippen molar-refractivity contribution in [3.8, 4) is 0 Å². The number of amides is 1. The van der Waals surface area contributed by atoms with Crippen LogP contribution in [0.2, 0.25) is 18.1 Å². The van der Waals surface area contributed by atoms with Crippen LogP contribution >= 0.6 is 0 Å². The summed E-state index contributed by atoms with van der Waals surface area (Å²) in [5.41, 5.74) is 0. The number of carbonyl (C=O) groups excluding carboxylic acids is 1. The molecule has 0 aliphatic heterocycles. The fourth-order valence-corrected chi connectivity index (χ4v) is 4.10. The molecule has 3 atom stereocenters. The second-order valence-corrected chi connectivity index (χ2v) is 13.5. The van der Waals surface area contributed by atoms with Crippen LogP contribution in [-0.4, -0.2) is 39.5 Å². The molecule has 0 radical (unpaired) electrons. The van der Waals surface area contributed by atoms with Crippen LogP contribution in [-0.2, 0) is 14.1 Å². The van der Waals surface area contributed by atoms with Crippen molar-refractivity contribution in [1.29, 1.82) is 0 Å². The number of rotatable bonds is 10. The van der Waals surface area contributed by atoms with Gasteiger partial charge in [-0.25, -0.2) is 5.06 Å². The standard InChI is InChI=1S/C19H41NO3Si/c1-11-17(23-24(9,10)19(4,5)6)13-12-15(2)14-16(3)18(21)20(7)22-8/h15-17H,11-14H2,1-10H3/t15-,16?,17?/m1/s1. The van der Waals surface area contributed by atoms with Crippen molar-refractivity contribution in [3.63, 3.8) is 0 Å². The maximum Gasteiger partial charge on any atom is 0.248 e. The molecule has 0 aromatic heterocycles. The lowest BCUT2D eigenvalue weighted by atomic mass is 9.91. The van der Waals surface area contributed by atoms with Crippen molar-refractivity contribution in [2.24, 2.45) is 11.8 Å². The number of hydrogen-bond donors (Lipinski definition) is 0. The Morgan fingerprint density at radius 3 is 2.12 bits per heavy atom. The Morgan fingerprint density at radius 2 is 1.71 bits per heavy atom. The summed E-state index contributed by atoms with van der Waals surface area (Å²) in [6, 6.07) is 0. The lowest BCUT2D eigenvalue weighted by molar-refractivity contribution is -0.173. The van der Waals surface area contributed by atoms with Crippen LogP contribution in [0.3, 0.4) is 0 Å². The van der Waals surface area contributed by atoms with E-state index in [1.165, 1.54) is 12.2 Å². The first-order chi connectivity index (χ1) is 10.9. The quantitative estimate of drug-likeness (QED) is 0.395. The van der Waals surface area contributed by atoms with Crippen LogP contribution in [0.25, 0.3) is 0 Å². The van der Waals surface area contributed by atoms with Crippen LogP contribution < -0.4 is 0 Å². The molecule has 0 saturated heterocycles. The van der Waals surface area contributed by atoms with E-state index >= 15 is 0 Å². The van der Waals surface area contributed by atoms with E-state index in [-0.39, 0.29) is 16.9 Å². The predicted molar refractivity (Wildman–Crippen MR) is 104 cm³/mol. The number of nitrogens with zero attached hydrogens (tertiary/aromatic N) is 1. The van der Waals surface area contributed by atoms with E-state index < -0.39 is 8.32 Å². The Bertz CT molecular complexity index is 379. The first kappa shape index (κ1) is 23.6. The van der Waals surface area contributed by atoms with Crippen LogP contribution in [0.4, 0.5) is 0 Å². The van der Waals surface area contributed by atoms with Gasteiger partial charge in [-0.15, -0.1) is 0 Å². The lowest BCUT2D eigenvalue weighted by Crippen LogP contribution is -2.43. The third kappa shape index (κ3) is 7.66. The summed E-state index contributed by atoms with van der Waals surface area (Å²) in [5.74, 6) is 0.548. The molecule has 2 unspecified atom stereocenters. The van der Waals surface area contributed by atoms with Crippen LogP contribution in [0.1, 0.15) is 67.2 Å². The summed E-state index contributed by atoms with van der Waals surface area (Å²) < 4.78 is 6.55. The van der Waals surface area contributed by atoms with E-state index in [0.29, 0.717) is 12.0 Å². The second-order valence-electron chi connectivity index (χ2n) is 8.75. The minimum absolute atomic E-state index is 0.00802. The van der Waals surface area contributed by atoms with Gasteiger partial charge in [0.2, 0.25) is 5.91 Å². The van der Waals surface area contributed by atoms with Gasteiger partial charge in [-0.3, -0.25) is 9.63 Å². The highest BCUT2D eigenvalue weighted by molar-refractivity contribution is 6.74. The molecule has 0 saturated carbocycles. The topological polar surface area (TPSA) is 38.8 Å². The van der Waals surface area contributed by atoms with Crippen molar-refractivity contribution in [1.82, 2.24) is 5.06 Å². The fourth-order valence-electron chi connectivity index (χ4n) is 2.63. The molecule has 0 spiro atoms. The fraction of sp³-hybridized carbons (Fsp3) is 0.947. The minimum atomic E-state index is -1.71. The number of hydrogen-bond acceptors (Lipinski definition) is 3. The zero-order valence-electron chi connectivity index (χ0n) is 17.7. The zero-order chi connectivity index (χ0) is 19.1. The van der Waals surface area contributed by atoms with Gasteiger partial charge in [0.05, 0.1) is 7.11 Å². The van der Waals surface area contributed by atoms with Crippen LogP contribution in [0.5, 0.6) is 0 Å². The molecule has 0 aliphatic carbocycles. The third-order valence-electron chi connectivity index (χ3n) is 5.47. The van der Waals surface area contributed by atoms with Gasteiger partial charge in [0, 0.05) is 19.1 Å². The smallest absolute Gasteiger partial charge is 0.248 e. The Labute approximate surface area is 151 Å². The van der Waals surface area contributed by atoms with Gasteiger partial charge in [0.1, 0.15) is 0 Å². The van der Waals surface area contributed by atoms with Crippen LogP contribution in [0.15, 0.2) is 0 Å². The molecule has 1 amide bonds. The minimum Gasteiger partial charge on any atom is -0.414 e. The summed E-state index contributed by atoms with van der Waals surface area (Å²) in [6.07, 6.45) is 4.46. The predicted octanol–water partition coefficient (Wildman–Crippen LogP) is 5.25. The Balaban J connectivity index is 4.46. The zero-order valence-corrected chi connectivity index (χ0v) is 18.7. The van der Waals surface area contributed by atoms with Gasteiger partial charge >= 0.3 is 0 Å². The third-order valence-corrected chi connectivity index (χ3v) is 10.0. The molecule has 0 aromatic rings. The lowest BCUT2D eigenvalue weighted by Gasteiger charge is -2.39. The first-order valence-electron chi connectivity index (χ1n) is 9.35. The van der Waals surface area contributed by atoms with Crippen LogP contribution in [0, 0.1) is 11.8 Å². The first-order valence-corrected chi connectivity index (χ1v) is 12.3. The highest BCUT2D eigenvalue weighted by atomic mass is 28.4. The van der Waals surface area contributed by atoms with Crippen molar-refractivity contribution < 1.29 is 14.1 Å². The van der Waals surface area contributed by atoms with Crippen molar-refractivity contribution >= 4 is 14.2 Å². The van der Waals surface area contributed by atoms with E-state index in [1.807, 2.05) is 6.92 Å². The van der Waals surface area contributed by atoms with Gasteiger partial charge in [0.15, 0.2) is 8.32 Å². The monoisotopic (exact) mass is 359 g/mol. The van der Waals surface area contributed by atoms with Gasteiger partial charge in [-0.2, -0.15) is 0 Å². The van der Waals surface area contributed by atoms with Gasteiger partial charge in [-0.05, 0) is 49.7 Å². The van der Waals surface area contributed by atoms with Gasteiger partial charge in [0.25, 0.3) is 0 Å². The van der Waals surface area contributed by atoms with Crippen molar-refractivity contribution in [2.45, 2.75) is 91.5 Å².